The van der Waals surface area contributed by atoms with Crippen LogP contribution in [0.4, 0.5) is 10.1 Å². The highest BCUT2D eigenvalue weighted by atomic mass is 19.1. The lowest BCUT2D eigenvalue weighted by Gasteiger charge is -2.35. The van der Waals surface area contributed by atoms with Crippen molar-refractivity contribution >= 4 is 22.6 Å². The molecule has 1 saturated heterocycles. The number of anilines is 1. The molecule has 1 aromatic heterocycles. The first-order valence-electron chi connectivity index (χ1n) is 8.66. The molecule has 1 fully saturated rings. The van der Waals surface area contributed by atoms with Crippen molar-refractivity contribution in [2.24, 2.45) is 5.73 Å². The summed E-state index contributed by atoms with van der Waals surface area (Å²) in [7, 11) is 1.40. The molecule has 0 aliphatic carbocycles. The van der Waals surface area contributed by atoms with Crippen LogP contribution in [0.2, 0.25) is 0 Å². The van der Waals surface area contributed by atoms with Crippen molar-refractivity contribution in [3.8, 4) is 5.75 Å². The van der Waals surface area contributed by atoms with Crippen molar-refractivity contribution in [1.29, 1.82) is 0 Å². The number of hydrogen-bond acceptors (Lipinski definition) is 6. The van der Waals surface area contributed by atoms with Gasteiger partial charge in [0.15, 0.2) is 11.6 Å². The summed E-state index contributed by atoms with van der Waals surface area (Å²) in [5.41, 5.74) is 5.11. The maximum Gasteiger partial charge on any atom is 0.341 e. The van der Waals surface area contributed by atoms with Gasteiger partial charge in [0.2, 0.25) is 5.43 Å². The first-order chi connectivity index (χ1) is 12.9. The molecule has 3 rings (SSSR count). The number of nitrogens with two attached hydrogens (primary N) is 1. The first kappa shape index (κ1) is 19.1. The minimum atomic E-state index is -1.36. The van der Waals surface area contributed by atoms with Crippen molar-refractivity contribution in [1.82, 2.24) is 4.57 Å². The van der Waals surface area contributed by atoms with Crippen molar-refractivity contribution < 1.29 is 23.8 Å². The Kier molecular flexibility index (Phi) is 5.33. The van der Waals surface area contributed by atoms with Gasteiger partial charge in [-0.25, -0.2) is 9.18 Å². The van der Waals surface area contributed by atoms with E-state index in [1.165, 1.54) is 13.3 Å². The van der Waals surface area contributed by atoms with E-state index < -0.39 is 22.8 Å². The number of benzene rings is 1. The fraction of sp³-hybridized carbons (Fsp3) is 0.444. The van der Waals surface area contributed by atoms with E-state index in [9.17, 15) is 14.7 Å². The number of carboxylic acids is 1. The smallest absolute Gasteiger partial charge is 0.341 e. The van der Waals surface area contributed by atoms with Crippen molar-refractivity contribution in [3.05, 3.63) is 33.9 Å². The van der Waals surface area contributed by atoms with E-state index in [4.69, 9.17) is 15.2 Å². The Balaban J connectivity index is 2.31. The van der Waals surface area contributed by atoms with E-state index in [0.717, 1.165) is 6.07 Å². The Labute approximate surface area is 154 Å². The van der Waals surface area contributed by atoms with Crippen molar-refractivity contribution in [3.63, 3.8) is 0 Å². The second kappa shape index (κ2) is 7.53. The van der Waals surface area contributed by atoms with Gasteiger partial charge in [-0.3, -0.25) is 4.79 Å². The van der Waals surface area contributed by atoms with Gasteiger partial charge in [-0.05, 0) is 13.0 Å². The van der Waals surface area contributed by atoms with Gasteiger partial charge < -0.3 is 29.8 Å². The maximum atomic E-state index is 15.0. The van der Waals surface area contributed by atoms with Crippen LogP contribution in [0.15, 0.2) is 17.1 Å². The summed E-state index contributed by atoms with van der Waals surface area (Å²) in [5.74, 6) is -1.82. The van der Waals surface area contributed by atoms with Crippen molar-refractivity contribution in [2.75, 3.05) is 38.3 Å². The summed E-state index contributed by atoms with van der Waals surface area (Å²) in [4.78, 5) is 25.7. The summed E-state index contributed by atoms with van der Waals surface area (Å²) in [6.45, 7) is 3.71. The Hall–Kier alpha value is -2.65. The lowest BCUT2D eigenvalue weighted by atomic mass is 10.1. The minimum absolute atomic E-state index is 0.0292. The van der Waals surface area contributed by atoms with Gasteiger partial charge in [-0.15, -0.1) is 0 Å². The number of ether oxygens (including phenoxy) is 2. The molecule has 0 spiro atoms. The zero-order valence-electron chi connectivity index (χ0n) is 15.2. The molecule has 1 aliphatic rings. The number of nitrogens with zero attached hydrogens (tertiary/aromatic N) is 2. The zero-order chi connectivity index (χ0) is 19.7. The largest absolute Gasteiger partial charge is 0.492 e. The Morgan fingerprint density at radius 3 is 2.85 bits per heavy atom. The molecule has 1 aliphatic heterocycles. The molecular weight excluding hydrogens is 357 g/mol. The third-order valence-electron chi connectivity index (χ3n) is 4.74. The molecule has 1 unspecified atom stereocenters. The summed E-state index contributed by atoms with van der Waals surface area (Å²) < 4.78 is 27.7. The molecule has 2 heterocycles. The number of halogens is 1. The fourth-order valence-electron chi connectivity index (χ4n) is 3.44. The van der Waals surface area contributed by atoms with E-state index in [2.05, 4.69) is 0 Å². The molecule has 8 nitrogen and oxygen atoms in total. The number of rotatable bonds is 5. The molecule has 0 bridgehead atoms. The number of hydrogen-bond donors (Lipinski definition) is 2. The third kappa shape index (κ3) is 3.24. The normalized spacial score (nSPS) is 17.3. The van der Waals surface area contributed by atoms with E-state index in [0.29, 0.717) is 38.3 Å². The highest BCUT2D eigenvalue weighted by molar-refractivity contribution is 5.97. The van der Waals surface area contributed by atoms with Crippen LogP contribution < -0.4 is 20.8 Å². The van der Waals surface area contributed by atoms with Gasteiger partial charge in [0.25, 0.3) is 0 Å². The zero-order valence-corrected chi connectivity index (χ0v) is 15.2. The number of carbonyl (C=O) groups is 1. The molecule has 146 valence electrons. The number of pyridine rings is 1. The SMILES string of the molecule is CCn1cc(C(=O)O)c(=O)c2cc(F)c(N3CCOC(CN)C3)c(OC)c21. The molecule has 1 atom stereocenters. The van der Waals surface area contributed by atoms with Crippen LogP contribution in [0, 0.1) is 5.82 Å². The van der Waals surface area contributed by atoms with Gasteiger partial charge in [0, 0.05) is 32.4 Å². The van der Waals surface area contributed by atoms with E-state index in [1.807, 2.05) is 0 Å². The van der Waals surface area contributed by atoms with Crippen LogP contribution in [-0.2, 0) is 11.3 Å². The van der Waals surface area contributed by atoms with Crippen molar-refractivity contribution in [2.45, 2.75) is 19.6 Å². The van der Waals surface area contributed by atoms with Gasteiger partial charge >= 0.3 is 5.97 Å². The number of morpholine rings is 1. The van der Waals surface area contributed by atoms with Gasteiger partial charge in [-0.2, -0.15) is 0 Å². The summed E-state index contributed by atoms with van der Waals surface area (Å²) >= 11 is 0. The predicted octanol–water partition coefficient (Wildman–Crippen LogP) is 1.03. The Morgan fingerprint density at radius 1 is 1.52 bits per heavy atom. The monoisotopic (exact) mass is 379 g/mol. The van der Waals surface area contributed by atoms with E-state index >= 15 is 4.39 Å². The Bertz CT molecular complexity index is 943. The predicted molar refractivity (Wildman–Crippen MR) is 98.4 cm³/mol. The molecule has 27 heavy (non-hydrogen) atoms. The van der Waals surface area contributed by atoms with Crippen LogP contribution in [0.25, 0.3) is 10.9 Å². The second-order valence-corrected chi connectivity index (χ2v) is 6.27. The highest BCUT2D eigenvalue weighted by Gasteiger charge is 2.28. The minimum Gasteiger partial charge on any atom is -0.492 e. The fourth-order valence-corrected chi connectivity index (χ4v) is 3.44. The highest BCUT2D eigenvalue weighted by Crippen LogP contribution is 2.38. The first-order valence-corrected chi connectivity index (χ1v) is 8.66. The molecule has 3 N–H and O–H groups in total. The van der Waals surface area contributed by atoms with E-state index in [-0.39, 0.29) is 22.9 Å². The molecule has 2 aromatic rings. The average molecular weight is 379 g/mol. The van der Waals surface area contributed by atoms with Crippen LogP contribution in [0.1, 0.15) is 17.3 Å². The van der Waals surface area contributed by atoms with E-state index in [1.54, 1.807) is 16.4 Å². The number of aryl methyl sites for hydroxylation is 1. The average Bonchev–Trinajstić information content (AvgIpc) is 2.67. The number of aromatic nitrogens is 1. The number of carboxylic acid groups (broad SMARTS) is 1. The summed E-state index contributed by atoms with van der Waals surface area (Å²) in [6, 6.07) is 1.08. The maximum absolute atomic E-state index is 15.0. The third-order valence-corrected chi connectivity index (χ3v) is 4.74. The lowest BCUT2D eigenvalue weighted by Crippen LogP contribution is -2.46. The summed E-state index contributed by atoms with van der Waals surface area (Å²) in [6.07, 6.45) is 1.03. The van der Waals surface area contributed by atoms with Crippen LogP contribution in [0.3, 0.4) is 0 Å². The second-order valence-electron chi connectivity index (χ2n) is 6.27. The standard InChI is InChI=1S/C18H22FN3O5/c1-3-21-9-12(18(24)25)16(23)11-6-13(19)15(17(26-2)14(11)21)22-4-5-27-10(7-20)8-22/h6,9-10H,3-5,7-8,20H2,1-2H3,(H,24,25). The molecule has 0 saturated carbocycles. The Morgan fingerprint density at radius 2 is 2.26 bits per heavy atom. The molecule has 0 radical (unpaired) electrons. The molecule has 1 aromatic carbocycles. The number of methoxy groups -OCH3 is 1. The van der Waals surface area contributed by atoms with Gasteiger partial charge in [0.1, 0.15) is 11.3 Å². The quantitative estimate of drug-likeness (QED) is 0.799. The van der Waals surface area contributed by atoms with Gasteiger partial charge in [0.05, 0.1) is 30.7 Å². The molecule has 9 heteroatoms. The lowest BCUT2D eigenvalue weighted by molar-refractivity contribution is 0.0462. The number of aromatic carboxylic acids is 1. The molecular formula is C18H22FN3O5. The van der Waals surface area contributed by atoms with Crippen LogP contribution >= 0.6 is 0 Å². The number of fused-ring (bicyclic) bond motifs is 1. The summed E-state index contributed by atoms with van der Waals surface area (Å²) in [5, 5.41) is 9.25. The van der Waals surface area contributed by atoms with Crippen LogP contribution in [-0.4, -0.2) is 55.1 Å². The topological polar surface area (TPSA) is 107 Å². The van der Waals surface area contributed by atoms with Gasteiger partial charge in [-0.1, -0.05) is 0 Å². The van der Waals surface area contributed by atoms with Crippen LogP contribution in [0.5, 0.6) is 5.75 Å². The molecule has 0 amide bonds.